The molecule has 0 amide bonds. The molecule has 1 saturated carbocycles. The van der Waals surface area contributed by atoms with E-state index in [1.165, 1.54) is 6.07 Å². The molecule has 1 aromatic heterocycles. The van der Waals surface area contributed by atoms with E-state index >= 15 is 0 Å². The molecule has 2 aliphatic rings. The first kappa shape index (κ1) is 18.4. The van der Waals surface area contributed by atoms with Gasteiger partial charge in [-0.2, -0.15) is 12.6 Å². The lowest BCUT2D eigenvalue weighted by atomic mass is 9.93. The fourth-order valence-corrected chi connectivity index (χ4v) is 4.02. The minimum atomic E-state index is -0.514. The van der Waals surface area contributed by atoms with Crippen LogP contribution in [0.4, 0.5) is 4.39 Å². The molecular formula is C22H23FN2OS. The third-order valence-electron chi connectivity index (χ3n) is 5.38. The predicted molar refractivity (Wildman–Crippen MR) is 108 cm³/mol. The van der Waals surface area contributed by atoms with Crippen molar-refractivity contribution in [2.24, 2.45) is 5.92 Å². The van der Waals surface area contributed by atoms with Gasteiger partial charge in [-0.25, -0.2) is 4.39 Å². The summed E-state index contributed by atoms with van der Waals surface area (Å²) < 4.78 is 14.5. The van der Waals surface area contributed by atoms with Crippen LogP contribution in [0.15, 0.2) is 54.4 Å². The van der Waals surface area contributed by atoms with E-state index in [9.17, 15) is 9.18 Å². The first-order valence-corrected chi connectivity index (χ1v) is 9.96. The number of hydrogen-bond acceptors (Lipinski definition) is 4. The Labute approximate surface area is 164 Å². The van der Waals surface area contributed by atoms with Crippen LogP contribution in [0.1, 0.15) is 36.4 Å². The Morgan fingerprint density at radius 3 is 2.63 bits per heavy atom. The second-order valence-corrected chi connectivity index (χ2v) is 8.00. The molecule has 0 N–H and O–H groups in total. The fraction of sp³-hybridized carbons (Fsp3) is 0.364. The van der Waals surface area contributed by atoms with Crippen molar-refractivity contribution >= 4 is 24.5 Å². The molecule has 2 atom stereocenters. The standard InChI is InChI=1S/C22H23FN2OS/c23-19-4-2-1-3-18(19)21(22(26)16-5-6-16)25-12-9-20(27)17(14-25)13-15-7-10-24-11-8-15/h1-4,7-8,10-11,13,16,20-21,27H,5-6,9,12,14H2. The average Bonchev–Trinajstić information content (AvgIpc) is 3.52. The summed E-state index contributed by atoms with van der Waals surface area (Å²) in [6.07, 6.45) is 8.33. The van der Waals surface area contributed by atoms with E-state index in [0.717, 1.165) is 36.9 Å². The summed E-state index contributed by atoms with van der Waals surface area (Å²) >= 11 is 4.74. The molecule has 5 heteroatoms. The van der Waals surface area contributed by atoms with Gasteiger partial charge in [0.05, 0.1) is 6.04 Å². The molecule has 2 unspecified atom stereocenters. The van der Waals surface area contributed by atoms with Crippen LogP contribution in [0, 0.1) is 11.7 Å². The van der Waals surface area contributed by atoms with Gasteiger partial charge in [-0.3, -0.25) is 14.7 Å². The lowest BCUT2D eigenvalue weighted by Crippen LogP contribution is -2.42. The molecule has 0 bridgehead atoms. The summed E-state index contributed by atoms with van der Waals surface area (Å²) in [5.41, 5.74) is 2.72. The molecule has 1 saturated heterocycles. The first-order chi connectivity index (χ1) is 13.1. The number of pyridine rings is 1. The number of piperidine rings is 1. The summed E-state index contributed by atoms with van der Waals surface area (Å²) in [5, 5.41) is 0.145. The number of rotatable bonds is 5. The highest BCUT2D eigenvalue weighted by atomic mass is 32.1. The van der Waals surface area contributed by atoms with E-state index in [4.69, 9.17) is 12.6 Å². The summed E-state index contributed by atoms with van der Waals surface area (Å²) in [4.78, 5) is 19.2. The van der Waals surface area contributed by atoms with E-state index in [0.29, 0.717) is 12.1 Å². The van der Waals surface area contributed by atoms with Crippen LogP contribution in [0.25, 0.3) is 6.08 Å². The van der Waals surface area contributed by atoms with Gasteiger partial charge in [0.1, 0.15) is 5.82 Å². The number of Topliss-reactive ketones (excluding diaryl/α,β-unsaturated/α-hetero) is 1. The normalized spacial score (nSPS) is 23.3. The lowest BCUT2D eigenvalue weighted by molar-refractivity contribution is -0.126. The van der Waals surface area contributed by atoms with Gasteiger partial charge in [0, 0.05) is 42.2 Å². The highest BCUT2D eigenvalue weighted by molar-refractivity contribution is 7.81. The van der Waals surface area contributed by atoms with Gasteiger partial charge >= 0.3 is 0 Å². The molecule has 140 valence electrons. The number of benzene rings is 1. The molecule has 4 rings (SSSR count). The Kier molecular flexibility index (Phi) is 5.41. The third-order valence-corrected chi connectivity index (χ3v) is 5.97. The molecule has 0 radical (unpaired) electrons. The maximum Gasteiger partial charge on any atom is 0.157 e. The van der Waals surface area contributed by atoms with Gasteiger partial charge in [0.15, 0.2) is 5.78 Å². The van der Waals surface area contributed by atoms with Crippen molar-refractivity contribution in [1.29, 1.82) is 0 Å². The Morgan fingerprint density at radius 1 is 1.19 bits per heavy atom. The number of thiol groups is 1. The van der Waals surface area contributed by atoms with E-state index in [2.05, 4.69) is 16.0 Å². The molecule has 1 aliphatic heterocycles. The molecule has 3 nitrogen and oxygen atoms in total. The van der Waals surface area contributed by atoms with Crippen LogP contribution in [0.2, 0.25) is 0 Å². The van der Waals surface area contributed by atoms with Gasteiger partial charge in [-0.05, 0) is 48.6 Å². The van der Waals surface area contributed by atoms with Gasteiger partial charge in [0.25, 0.3) is 0 Å². The van der Waals surface area contributed by atoms with Crippen LogP contribution in [0.5, 0.6) is 0 Å². The Bertz CT molecular complexity index is 850. The number of carbonyl (C=O) groups is 1. The predicted octanol–water partition coefficient (Wildman–Crippen LogP) is 4.33. The third kappa shape index (κ3) is 4.14. The molecule has 2 aromatic rings. The molecule has 1 aromatic carbocycles. The summed E-state index contributed by atoms with van der Waals surface area (Å²) in [6, 6.07) is 10.1. The smallest absolute Gasteiger partial charge is 0.157 e. The number of likely N-dealkylation sites (tertiary alicyclic amines) is 1. The summed E-state index contributed by atoms with van der Waals surface area (Å²) in [7, 11) is 0. The van der Waals surface area contributed by atoms with Crippen LogP contribution in [-0.2, 0) is 4.79 Å². The number of hydrogen-bond donors (Lipinski definition) is 1. The molecule has 1 aliphatic carbocycles. The maximum absolute atomic E-state index is 14.5. The largest absolute Gasteiger partial charge is 0.297 e. The highest BCUT2D eigenvalue weighted by Crippen LogP contribution is 2.39. The van der Waals surface area contributed by atoms with Crippen molar-refractivity contribution in [2.45, 2.75) is 30.6 Å². The summed E-state index contributed by atoms with van der Waals surface area (Å²) in [5.74, 6) is -0.0684. The number of ketones is 1. The van der Waals surface area contributed by atoms with Crippen LogP contribution >= 0.6 is 12.6 Å². The Hall–Kier alpha value is -1.98. The van der Waals surface area contributed by atoms with Crippen molar-refractivity contribution in [3.63, 3.8) is 0 Å². The number of aromatic nitrogens is 1. The first-order valence-electron chi connectivity index (χ1n) is 9.44. The average molecular weight is 383 g/mol. The second-order valence-electron chi connectivity index (χ2n) is 7.38. The van der Waals surface area contributed by atoms with Crippen molar-refractivity contribution in [3.05, 3.63) is 71.3 Å². The van der Waals surface area contributed by atoms with Crippen molar-refractivity contribution in [3.8, 4) is 0 Å². The van der Waals surface area contributed by atoms with Gasteiger partial charge in [-0.1, -0.05) is 24.3 Å². The quantitative estimate of drug-likeness (QED) is 0.782. The van der Waals surface area contributed by atoms with E-state index in [1.54, 1.807) is 24.5 Å². The van der Waals surface area contributed by atoms with Crippen LogP contribution < -0.4 is 0 Å². The summed E-state index contributed by atoms with van der Waals surface area (Å²) in [6.45, 7) is 1.35. The van der Waals surface area contributed by atoms with Gasteiger partial charge in [0.2, 0.25) is 0 Å². The van der Waals surface area contributed by atoms with Crippen molar-refractivity contribution < 1.29 is 9.18 Å². The molecule has 2 fully saturated rings. The molecule has 2 heterocycles. The topological polar surface area (TPSA) is 33.2 Å². The molecule has 27 heavy (non-hydrogen) atoms. The van der Waals surface area contributed by atoms with E-state index in [1.807, 2.05) is 18.2 Å². The van der Waals surface area contributed by atoms with Gasteiger partial charge < -0.3 is 0 Å². The highest BCUT2D eigenvalue weighted by Gasteiger charge is 2.40. The minimum absolute atomic E-state index is 0.0796. The van der Waals surface area contributed by atoms with Crippen molar-refractivity contribution in [2.75, 3.05) is 13.1 Å². The minimum Gasteiger partial charge on any atom is -0.297 e. The van der Waals surface area contributed by atoms with Crippen LogP contribution in [0.3, 0.4) is 0 Å². The number of carbonyl (C=O) groups excluding carboxylic acids is 1. The molecule has 0 spiro atoms. The Balaban J connectivity index is 1.65. The van der Waals surface area contributed by atoms with E-state index < -0.39 is 6.04 Å². The lowest BCUT2D eigenvalue weighted by Gasteiger charge is -2.37. The zero-order valence-electron chi connectivity index (χ0n) is 15.1. The maximum atomic E-state index is 14.5. The van der Waals surface area contributed by atoms with Gasteiger partial charge in [-0.15, -0.1) is 0 Å². The second kappa shape index (κ2) is 7.95. The zero-order valence-corrected chi connectivity index (χ0v) is 16.0. The fourth-order valence-electron chi connectivity index (χ4n) is 3.75. The number of halogens is 1. The monoisotopic (exact) mass is 382 g/mol. The van der Waals surface area contributed by atoms with E-state index in [-0.39, 0.29) is 22.8 Å². The van der Waals surface area contributed by atoms with Crippen LogP contribution in [-0.4, -0.2) is 34.0 Å². The zero-order chi connectivity index (χ0) is 18.8. The Morgan fingerprint density at radius 2 is 1.93 bits per heavy atom. The number of nitrogens with zero attached hydrogens (tertiary/aromatic N) is 2. The van der Waals surface area contributed by atoms with Crippen molar-refractivity contribution in [1.82, 2.24) is 9.88 Å². The SMILES string of the molecule is O=C(C1CC1)C(c1ccccc1F)N1CCC(S)C(=Cc2ccncc2)C1. The molecular weight excluding hydrogens is 359 g/mol.